The van der Waals surface area contributed by atoms with E-state index in [1.165, 1.54) is 36.7 Å². The third kappa shape index (κ3) is 6.23. The van der Waals surface area contributed by atoms with Gasteiger partial charge in [-0.3, -0.25) is 19.5 Å². The Morgan fingerprint density at radius 1 is 1.26 bits per heavy atom. The minimum Gasteiger partial charge on any atom is -0.368 e. The van der Waals surface area contributed by atoms with Gasteiger partial charge in [-0.2, -0.15) is 0 Å². The SMILES string of the molecule is CCCCC(CC)CN1Cc2ccccc2CC1C(=O)NC(CC1=NC=NC1)C(N)=O. The molecule has 2 heterocycles. The van der Waals surface area contributed by atoms with Gasteiger partial charge in [-0.25, -0.2) is 4.99 Å². The van der Waals surface area contributed by atoms with Crippen LogP contribution in [-0.4, -0.2) is 53.9 Å². The van der Waals surface area contributed by atoms with E-state index in [0.29, 0.717) is 25.3 Å². The molecular weight excluding hydrogens is 390 g/mol. The number of benzene rings is 1. The number of amides is 2. The molecule has 31 heavy (non-hydrogen) atoms. The van der Waals surface area contributed by atoms with Crippen LogP contribution < -0.4 is 11.1 Å². The van der Waals surface area contributed by atoms with Gasteiger partial charge in [-0.15, -0.1) is 0 Å². The van der Waals surface area contributed by atoms with Gasteiger partial charge in [0, 0.05) is 25.2 Å². The van der Waals surface area contributed by atoms with E-state index >= 15 is 0 Å². The van der Waals surface area contributed by atoms with Crippen molar-refractivity contribution >= 4 is 23.9 Å². The second-order valence-corrected chi connectivity index (χ2v) is 8.65. The maximum atomic E-state index is 13.4. The minimum absolute atomic E-state index is 0.136. The summed E-state index contributed by atoms with van der Waals surface area (Å²) in [6.07, 6.45) is 7.07. The highest BCUT2D eigenvalue weighted by Crippen LogP contribution is 2.26. The standard InChI is InChI=1S/C24H35N5O2/c1-3-5-8-17(4-2)14-29-15-19-10-7-6-9-18(19)11-22(29)24(31)28-21(23(25)30)12-20-13-26-16-27-20/h6-7,9-10,16-17,21-22H,3-5,8,11-15H2,1-2H3,(H2,25,30)(H,28,31). The highest BCUT2D eigenvalue weighted by molar-refractivity contribution is 6.00. The summed E-state index contributed by atoms with van der Waals surface area (Å²) in [5.74, 6) is -0.124. The molecular formula is C24H35N5O2. The van der Waals surface area contributed by atoms with Crippen LogP contribution in [-0.2, 0) is 22.6 Å². The summed E-state index contributed by atoms with van der Waals surface area (Å²) < 4.78 is 0. The second kappa shape index (κ2) is 11.2. The van der Waals surface area contributed by atoms with Crippen LogP contribution in [0.1, 0.15) is 57.1 Å². The van der Waals surface area contributed by atoms with Crippen LogP contribution in [0.15, 0.2) is 34.3 Å². The van der Waals surface area contributed by atoms with Crippen LogP contribution in [0, 0.1) is 5.92 Å². The summed E-state index contributed by atoms with van der Waals surface area (Å²) in [5.41, 5.74) is 8.84. The number of hydrogen-bond acceptors (Lipinski definition) is 5. The lowest BCUT2D eigenvalue weighted by atomic mass is 9.90. The number of hydrogen-bond donors (Lipinski definition) is 2. The van der Waals surface area contributed by atoms with Crippen molar-refractivity contribution in [2.24, 2.45) is 21.6 Å². The molecule has 0 spiro atoms. The molecule has 0 fully saturated rings. The third-order valence-electron chi connectivity index (χ3n) is 6.38. The Labute approximate surface area is 185 Å². The predicted molar refractivity (Wildman–Crippen MR) is 124 cm³/mol. The molecule has 0 aromatic heterocycles. The van der Waals surface area contributed by atoms with Gasteiger partial charge in [0.05, 0.1) is 12.6 Å². The number of rotatable bonds is 11. The van der Waals surface area contributed by atoms with E-state index in [1.54, 1.807) is 0 Å². The summed E-state index contributed by atoms with van der Waals surface area (Å²) in [6, 6.07) is 7.23. The number of carbonyl (C=O) groups excluding carboxylic acids is 2. The Kier molecular flexibility index (Phi) is 8.35. The fourth-order valence-corrected chi connectivity index (χ4v) is 4.43. The van der Waals surface area contributed by atoms with Crippen LogP contribution in [0.2, 0.25) is 0 Å². The van der Waals surface area contributed by atoms with Gasteiger partial charge in [0.25, 0.3) is 0 Å². The topological polar surface area (TPSA) is 100 Å². The fraction of sp³-hybridized carbons (Fsp3) is 0.583. The van der Waals surface area contributed by atoms with Crippen molar-refractivity contribution in [1.82, 2.24) is 10.2 Å². The molecule has 0 bridgehead atoms. The summed E-state index contributed by atoms with van der Waals surface area (Å²) in [5, 5.41) is 2.92. The van der Waals surface area contributed by atoms with E-state index < -0.39 is 11.9 Å². The zero-order chi connectivity index (χ0) is 22.2. The monoisotopic (exact) mass is 425 g/mol. The molecule has 2 amide bonds. The molecule has 7 nitrogen and oxygen atoms in total. The molecule has 3 unspecified atom stereocenters. The number of unbranched alkanes of at least 4 members (excludes halogenated alkanes) is 1. The van der Waals surface area contributed by atoms with E-state index in [-0.39, 0.29) is 11.9 Å². The second-order valence-electron chi connectivity index (χ2n) is 8.65. The summed E-state index contributed by atoms with van der Waals surface area (Å²) in [4.78, 5) is 35.9. The van der Waals surface area contributed by atoms with Crippen molar-refractivity contribution < 1.29 is 9.59 Å². The van der Waals surface area contributed by atoms with Crippen molar-refractivity contribution in [1.29, 1.82) is 0 Å². The molecule has 1 aromatic rings. The smallest absolute Gasteiger partial charge is 0.240 e. The number of fused-ring (bicyclic) bond motifs is 1. The first-order valence-corrected chi connectivity index (χ1v) is 11.5. The molecule has 2 aliphatic heterocycles. The Morgan fingerprint density at radius 2 is 2.03 bits per heavy atom. The molecule has 168 valence electrons. The van der Waals surface area contributed by atoms with Gasteiger partial charge in [0.2, 0.25) is 11.8 Å². The summed E-state index contributed by atoms with van der Waals surface area (Å²) in [6.45, 7) is 6.52. The number of carbonyl (C=O) groups is 2. The van der Waals surface area contributed by atoms with Gasteiger partial charge in [-0.05, 0) is 29.9 Å². The molecule has 1 aromatic carbocycles. The number of aliphatic imine (C=N–C) groups is 2. The summed E-state index contributed by atoms with van der Waals surface area (Å²) >= 11 is 0. The van der Waals surface area contributed by atoms with Gasteiger partial charge >= 0.3 is 0 Å². The van der Waals surface area contributed by atoms with Gasteiger partial charge in [0.1, 0.15) is 12.4 Å². The lowest BCUT2D eigenvalue weighted by Gasteiger charge is -2.38. The zero-order valence-corrected chi connectivity index (χ0v) is 18.7. The molecule has 0 aliphatic carbocycles. The molecule has 0 saturated carbocycles. The number of nitrogens with two attached hydrogens (primary N) is 1. The van der Waals surface area contributed by atoms with Gasteiger partial charge in [-0.1, -0.05) is 57.4 Å². The first-order chi connectivity index (χ1) is 15.0. The normalized spacial score (nSPS) is 20.1. The molecule has 0 saturated heterocycles. The largest absolute Gasteiger partial charge is 0.368 e. The average Bonchev–Trinajstić information content (AvgIpc) is 3.28. The fourth-order valence-electron chi connectivity index (χ4n) is 4.43. The maximum absolute atomic E-state index is 13.4. The highest BCUT2D eigenvalue weighted by atomic mass is 16.2. The van der Waals surface area contributed by atoms with Crippen LogP contribution >= 0.6 is 0 Å². The summed E-state index contributed by atoms with van der Waals surface area (Å²) in [7, 11) is 0. The van der Waals surface area contributed by atoms with Crippen LogP contribution in [0.3, 0.4) is 0 Å². The number of nitrogens with zero attached hydrogens (tertiary/aromatic N) is 3. The molecule has 2 aliphatic rings. The minimum atomic E-state index is -0.769. The first kappa shape index (κ1) is 23.1. The number of nitrogens with one attached hydrogen (secondary N) is 1. The highest BCUT2D eigenvalue weighted by Gasteiger charge is 2.34. The van der Waals surface area contributed by atoms with Crippen molar-refractivity contribution in [3.8, 4) is 0 Å². The molecule has 3 N–H and O–H groups in total. The molecule has 3 rings (SSSR count). The lowest BCUT2D eigenvalue weighted by molar-refractivity contribution is -0.131. The Hall–Kier alpha value is -2.54. The van der Waals surface area contributed by atoms with Crippen molar-refractivity contribution in [3.05, 3.63) is 35.4 Å². The first-order valence-electron chi connectivity index (χ1n) is 11.5. The Bertz CT molecular complexity index is 835. The van der Waals surface area contributed by atoms with E-state index in [1.807, 2.05) is 6.07 Å². The third-order valence-corrected chi connectivity index (χ3v) is 6.38. The Balaban J connectivity index is 1.75. The lowest BCUT2D eigenvalue weighted by Crippen LogP contribution is -2.56. The van der Waals surface area contributed by atoms with Crippen molar-refractivity contribution in [2.45, 2.75) is 71.0 Å². The molecule has 7 heteroatoms. The average molecular weight is 426 g/mol. The van der Waals surface area contributed by atoms with Crippen LogP contribution in [0.4, 0.5) is 0 Å². The van der Waals surface area contributed by atoms with Crippen LogP contribution in [0.25, 0.3) is 0 Å². The quantitative estimate of drug-likeness (QED) is 0.569. The van der Waals surface area contributed by atoms with E-state index in [4.69, 9.17) is 5.73 Å². The van der Waals surface area contributed by atoms with E-state index in [2.05, 4.69) is 52.2 Å². The molecule has 3 atom stereocenters. The zero-order valence-electron chi connectivity index (χ0n) is 18.7. The van der Waals surface area contributed by atoms with Crippen molar-refractivity contribution in [3.63, 3.8) is 0 Å². The predicted octanol–water partition coefficient (Wildman–Crippen LogP) is 2.47. The Morgan fingerprint density at radius 3 is 2.68 bits per heavy atom. The van der Waals surface area contributed by atoms with Crippen LogP contribution in [0.5, 0.6) is 0 Å². The van der Waals surface area contributed by atoms with Gasteiger partial charge in [0.15, 0.2) is 0 Å². The number of primary amides is 1. The van der Waals surface area contributed by atoms with E-state index in [0.717, 1.165) is 25.2 Å². The van der Waals surface area contributed by atoms with E-state index in [9.17, 15) is 9.59 Å². The maximum Gasteiger partial charge on any atom is 0.240 e. The van der Waals surface area contributed by atoms with Crippen molar-refractivity contribution in [2.75, 3.05) is 13.1 Å². The van der Waals surface area contributed by atoms with Gasteiger partial charge < -0.3 is 11.1 Å². The molecule has 0 radical (unpaired) electrons.